The standard InChI is InChI=1S/C17H31N3O3/c1-23-12-14-5-3-9-19(14)10-15(21)11-20-13-4-2-7-17(20,8-6-13)16(18)22/h13-15,21H,2-12H2,1H3,(H2,18,22)/t13-,14?,15+,17+/m1/s1. The van der Waals surface area contributed by atoms with Crippen LogP contribution in [0.2, 0.25) is 0 Å². The van der Waals surface area contributed by atoms with Crippen molar-refractivity contribution < 1.29 is 14.6 Å². The SMILES string of the molecule is COCC1CCCN1C[C@H](O)CN1[C@@H]2CCC[C@@]1(C(N)=O)CC2. The summed E-state index contributed by atoms with van der Waals surface area (Å²) in [5, 5.41) is 10.6. The summed E-state index contributed by atoms with van der Waals surface area (Å²) in [6, 6.07) is 0.831. The van der Waals surface area contributed by atoms with E-state index in [1.807, 2.05) is 0 Å². The molecule has 3 aliphatic rings. The molecule has 1 unspecified atom stereocenters. The number of likely N-dealkylation sites (tertiary alicyclic amines) is 1. The maximum absolute atomic E-state index is 12.1. The van der Waals surface area contributed by atoms with Gasteiger partial charge in [-0.25, -0.2) is 0 Å². The number of amides is 1. The third-order valence-electron chi connectivity index (χ3n) is 6.18. The summed E-state index contributed by atoms with van der Waals surface area (Å²) in [6.45, 7) is 2.97. The lowest BCUT2D eigenvalue weighted by molar-refractivity contribution is -0.132. The molecule has 3 rings (SSSR count). The largest absolute Gasteiger partial charge is 0.390 e. The van der Waals surface area contributed by atoms with E-state index in [-0.39, 0.29) is 5.91 Å². The molecule has 0 aromatic carbocycles. The van der Waals surface area contributed by atoms with Crippen molar-refractivity contribution in [3.63, 3.8) is 0 Å². The number of methoxy groups -OCH3 is 1. The van der Waals surface area contributed by atoms with Crippen LogP contribution >= 0.6 is 0 Å². The van der Waals surface area contributed by atoms with Gasteiger partial charge in [0.1, 0.15) is 5.54 Å². The molecule has 0 aromatic heterocycles. The first-order valence-corrected chi connectivity index (χ1v) is 9.04. The van der Waals surface area contributed by atoms with Crippen molar-refractivity contribution in [1.82, 2.24) is 9.80 Å². The Hall–Kier alpha value is -0.690. The normalized spacial score (nSPS) is 36.4. The average Bonchev–Trinajstić information content (AvgIpc) is 3.00. The van der Waals surface area contributed by atoms with Gasteiger partial charge in [-0.1, -0.05) is 0 Å². The first-order chi connectivity index (χ1) is 11.1. The molecule has 23 heavy (non-hydrogen) atoms. The number of carbonyl (C=O) groups is 1. The van der Waals surface area contributed by atoms with E-state index in [1.165, 1.54) is 0 Å². The average molecular weight is 325 g/mol. The molecule has 132 valence electrons. The van der Waals surface area contributed by atoms with E-state index in [0.29, 0.717) is 25.2 Å². The fraction of sp³-hybridized carbons (Fsp3) is 0.941. The molecular formula is C17H31N3O3. The van der Waals surface area contributed by atoms with Crippen LogP contribution in [-0.2, 0) is 9.53 Å². The van der Waals surface area contributed by atoms with Gasteiger partial charge in [0.2, 0.25) is 5.91 Å². The number of nitrogens with two attached hydrogens (primary N) is 1. The minimum absolute atomic E-state index is 0.203. The quantitative estimate of drug-likeness (QED) is 0.705. The molecule has 2 bridgehead atoms. The zero-order valence-corrected chi connectivity index (χ0v) is 14.2. The van der Waals surface area contributed by atoms with E-state index in [2.05, 4.69) is 9.80 Å². The number of carbonyl (C=O) groups excluding carboxylic acids is 1. The van der Waals surface area contributed by atoms with Crippen LogP contribution in [0.3, 0.4) is 0 Å². The van der Waals surface area contributed by atoms with E-state index < -0.39 is 11.6 Å². The lowest BCUT2D eigenvalue weighted by atomic mass is 9.87. The lowest BCUT2D eigenvalue weighted by Gasteiger charge is -2.44. The number of hydrogen-bond donors (Lipinski definition) is 2. The second-order valence-electron chi connectivity index (χ2n) is 7.53. The van der Waals surface area contributed by atoms with Crippen LogP contribution in [0.4, 0.5) is 0 Å². The summed E-state index contributed by atoms with van der Waals surface area (Å²) in [4.78, 5) is 16.6. The number of hydrogen-bond acceptors (Lipinski definition) is 5. The highest BCUT2D eigenvalue weighted by molar-refractivity contribution is 5.85. The van der Waals surface area contributed by atoms with Crippen LogP contribution < -0.4 is 5.73 Å². The summed E-state index contributed by atoms with van der Waals surface area (Å²) in [6.07, 6.45) is 6.80. The molecule has 1 amide bonds. The minimum Gasteiger partial charge on any atom is -0.390 e. The molecule has 3 heterocycles. The van der Waals surface area contributed by atoms with Crippen LogP contribution in [0.1, 0.15) is 44.9 Å². The molecule has 3 saturated heterocycles. The maximum atomic E-state index is 12.1. The van der Waals surface area contributed by atoms with Crippen LogP contribution in [0.15, 0.2) is 0 Å². The number of primary amides is 1. The van der Waals surface area contributed by atoms with Crippen LogP contribution in [0.5, 0.6) is 0 Å². The topological polar surface area (TPSA) is 79.0 Å². The summed E-state index contributed by atoms with van der Waals surface area (Å²) < 4.78 is 5.28. The van der Waals surface area contributed by atoms with Crippen molar-refractivity contribution in [3.8, 4) is 0 Å². The van der Waals surface area contributed by atoms with Crippen molar-refractivity contribution in [3.05, 3.63) is 0 Å². The van der Waals surface area contributed by atoms with E-state index >= 15 is 0 Å². The van der Waals surface area contributed by atoms with Crippen LogP contribution in [0.25, 0.3) is 0 Å². The van der Waals surface area contributed by atoms with E-state index in [4.69, 9.17) is 10.5 Å². The predicted molar refractivity (Wildman–Crippen MR) is 88.0 cm³/mol. The van der Waals surface area contributed by atoms with E-state index in [9.17, 15) is 9.90 Å². The Labute approximate surface area is 138 Å². The molecule has 3 aliphatic heterocycles. The lowest BCUT2D eigenvalue weighted by Crippen LogP contribution is -2.60. The van der Waals surface area contributed by atoms with Gasteiger partial charge < -0.3 is 15.6 Å². The first kappa shape index (κ1) is 17.1. The maximum Gasteiger partial charge on any atom is 0.237 e. The Morgan fingerprint density at radius 2 is 2.13 bits per heavy atom. The highest BCUT2D eigenvalue weighted by Gasteiger charge is 2.52. The summed E-state index contributed by atoms with van der Waals surface area (Å²) in [5.41, 5.74) is 5.24. The summed E-state index contributed by atoms with van der Waals surface area (Å²) in [7, 11) is 1.73. The van der Waals surface area contributed by atoms with Gasteiger partial charge in [-0.2, -0.15) is 0 Å². The second-order valence-corrected chi connectivity index (χ2v) is 7.53. The minimum atomic E-state index is -0.499. The number of fused-ring (bicyclic) bond motifs is 2. The van der Waals surface area contributed by atoms with Gasteiger partial charge in [-0.3, -0.25) is 14.6 Å². The Balaban J connectivity index is 1.61. The van der Waals surface area contributed by atoms with Crippen LogP contribution in [0, 0.1) is 0 Å². The fourth-order valence-corrected chi connectivity index (χ4v) is 5.04. The third-order valence-corrected chi connectivity index (χ3v) is 6.18. The molecule has 6 heteroatoms. The molecule has 3 fully saturated rings. The van der Waals surface area contributed by atoms with Gasteiger partial charge in [-0.15, -0.1) is 0 Å². The smallest absolute Gasteiger partial charge is 0.237 e. The summed E-state index contributed by atoms with van der Waals surface area (Å²) >= 11 is 0. The molecule has 0 aliphatic carbocycles. The Kier molecular flexibility index (Phi) is 5.26. The van der Waals surface area contributed by atoms with Gasteiger partial charge >= 0.3 is 0 Å². The number of ether oxygens (including phenoxy) is 1. The van der Waals surface area contributed by atoms with E-state index in [1.54, 1.807) is 7.11 Å². The highest BCUT2D eigenvalue weighted by atomic mass is 16.5. The first-order valence-electron chi connectivity index (χ1n) is 9.04. The van der Waals surface area contributed by atoms with Gasteiger partial charge in [-0.05, 0) is 51.5 Å². The van der Waals surface area contributed by atoms with Gasteiger partial charge in [0.05, 0.1) is 12.7 Å². The van der Waals surface area contributed by atoms with E-state index in [0.717, 1.165) is 58.1 Å². The number of aliphatic hydroxyl groups is 1. The van der Waals surface area contributed by atoms with Crippen LogP contribution in [-0.4, -0.2) is 77.9 Å². The molecule has 3 N–H and O–H groups in total. The molecule has 0 saturated carbocycles. The Morgan fingerprint density at radius 1 is 1.30 bits per heavy atom. The number of piperidine rings is 1. The zero-order valence-electron chi connectivity index (χ0n) is 14.2. The number of rotatable bonds is 7. The molecule has 0 spiro atoms. The molecule has 4 atom stereocenters. The Morgan fingerprint density at radius 3 is 2.87 bits per heavy atom. The number of β-amino-alcohol motifs (C(OH)–C–C–N with tert-alkyl or cyclic N) is 1. The summed E-state index contributed by atoms with van der Waals surface area (Å²) in [5.74, 6) is -0.203. The van der Waals surface area contributed by atoms with Gasteiger partial charge in [0.15, 0.2) is 0 Å². The highest BCUT2D eigenvalue weighted by Crippen LogP contribution is 2.44. The molecule has 0 aromatic rings. The molecule has 6 nitrogen and oxygen atoms in total. The Bertz CT molecular complexity index is 429. The van der Waals surface area contributed by atoms with Gasteiger partial charge in [0.25, 0.3) is 0 Å². The second kappa shape index (κ2) is 7.05. The van der Waals surface area contributed by atoms with Crippen molar-refractivity contribution in [2.24, 2.45) is 5.73 Å². The predicted octanol–water partition coefficient (Wildman–Crippen LogP) is 0.331. The van der Waals surface area contributed by atoms with Crippen molar-refractivity contribution in [2.75, 3.05) is 33.4 Å². The third kappa shape index (κ3) is 3.27. The number of aliphatic hydroxyl groups excluding tert-OH is 1. The monoisotopic (exact) mass is 325 g/mol. The fourth-order valence-electron chi connectivity index (χ4n) is 5.04. The number of nitrogens with zero attached hydrogens (tertiary/aromatic N) is 2. The van der Waals surface area contributed by atoms with Crippen molar-refractivity contribution in [2.45, 2.75) is 68.7 Å². The van der Waals surface area contributed by atoms with Crippen molar-refractivity contribution in [1.29, 1.82) is 0 Å². The molecule has 0 radical (unpaired) electrons. The van der Waals surface area contributed by atoms with Crippen molar-refractivity contribution >= 4 is 5.91 Å². The van der Waals surface area contributed by atoms with Gasteiger partial charge in [0, 0.05) is 32.3 Å². The molecular weight excluding hydrogens is 294 g/mol. The zero-order chi connectivity index (χ0) is 16.4.